The SMILES string of the molecule is O=C(O)c1ccc(NC(=S)c2ccccc2C(=O)O)cc1. The average Bonchev–Trinajstić information content (AvgIpc) is 2.47. The molecule has 0 radical (unpaired) electrons. The standard InChI is InChI=1S/C15H11NO4S/c17-14(18)9-5-7-10(8-6-9)16-13(21)11-3-1-2-4-12(11)15(19)20/h1-8H,(H,16,21)(H,17,18)(H,19,20). The van der Waals surface area contributed by atoms with Crippen LogP contribution in [-0.2, 0) is 0 Å². The highest BCUT2D eigenvalue weighted by Gasteiger charge is 2.13. The maximum absolute atomic E-state index is 11.1. The van der Waals surface area contributed by atoms with E-state index in [-0.39, 0.29) is 16.1 Å². The summed E-state index contributed by atoms with van der Waals surface area (Å²) in [6.45, 7) is 0. The summed E-state index contributed by atoms with van der Waals surface area (Å²) in [7, 11) is 0. The molecule has 21 heavy (non-hydrogen) atoms. The molecule has 6 heteroatoms. The Balaban J connectivity index is 2.22. The van der Waals surface area contributed by atoms with Crippen LogP contribution in [0.2, 0.25) is 0 Å². The Morgan fingerprint density at radius 2 is 1.43 bits per heavy atom. The highest BCUT2D eigenvalue weighted by atomic mass is 32.1. The van der Waals surface area contributed by atoms with Gasteiger partial charge in [-0.15, -0.1) is 0 Å². The van der Waals surface area contributed by atoms with Gasteiger partial charge in [0, 0.05) is 11.3 Å². The molecular weight excluding hydrogens is 290 g/mol. The van der Waals surface area contributed by atoms with E-state index in [0.717, 1.165) is 0 Å². The summed E-state index contributed by atoms with van der Waals surface area (Å²) in [6.07, 6.45) is 0. The number of nitrogens with one attached hydrogen (secondary N) is 1. The molecule has 0 heterocycles. The molecule has 0 aliphatic heterocycles. The van der Waals surface area contributed by atoms with Crippen molar-refractivity contribution < 1.29 is 19.8 Å². The predicted octanol–water partition coefficient (Wildman–Crippen LogP) is 2.87. The van der Waals surface area contributed by atoms with Gasteiger partial charge in [0.25, 0.3) is 0 Å². The lowest BCUT2D eigenvalue weighted by molar-refractivity contribution is 0.0686. The molecule has 0 fully saturated rings. The van der Waals surface area contributed by atoms with E-state index >= 15 is 0 Å². The van der Waals surface area contributed by atoms with Gasteiger partial charge in [-0.3, -0.25) is 0 Å². The Labute approximate surface area is 125 Å². The van der Waals surface area contributed by atoms with Crippen molar-refractivity contribution in [2.75, 3.05) is 5.32 Å². The summed E-state index contributed by atoms with van der Waals surface area (Å²) >= 11 is 5.20. The third-order valence-corrected chi connectivity index (χ3v) is 3.11. The molecule has 0 saturated heterocycles. The molecule has 0 unspecified atom stereocenters. The third kappa shape index (κ3) is 3.43. The van der Waals surface area contributed by atoms with Crippen molar-refractivity contribution >= 4 is 34.8 Å². The third-order valence-electron chi connectivity index (χ3n) is 2.79. The Morgan fingerprint density at radius 3 is 1.95 bits per heavy atom. The lowest BCUT2D eigenvalue weighted by atomic mass is 10.1. The zero-order valence-electron chi connectivity index (χ0n) is 10.7. The second-order valence-electron chi connectivity index (χ2n) is 4.19. The fourth-order valence-electron chi connectivity index (χ4n) is 1.76. The normalized spacial score (nSPS) is 9.90. The molecule has 0 aliphatic rings. The van der Waals surface area contributed by atoms with Crippen LogP contribution < -0.4 is 5.32 Å². The van der Waals surface area contributed by atoms with Crippen molar-refractivity contribution in [3.8, 4) is 0 Å². The number of thiocarbonyl (C=S) groups is 1. The summed E-state index contributed by atoms with van der Waals surface area (Å²) in [4.78, 5) is 22.2. The molecule has 0 saturated carbocycles. The molecule has 0 bridgehead atoms. The van der Waals surface area contributed by atoms with Crippen LogP contribution in [0.15, 0.2) is 48.5 Å². The minimum atomic E-state index is -1.06. The van der Waals surface area contributed by atoms with Crippen molar-refractivity contribution in [1.29, 1.82) is 0 Å². The van der Waals surface area contributed by atoms with Gasteiger partial charge in [-0.25, -0.2) is 9.59 Å². The van der Waals surface area contributed by atoms with Crippen molar-refractivity contribution in [2.45, 2.75) is 0 Å². The molecule has 5 nitrogen and oxygen atoms in total. The van der Waals surface area contributed by atoms with E-state index in [0.29, 0.717) is 11.3 Å². The van der Waals surface area contributed by atoms with Crippen LogP contribution in [0, 0.1) is 0 Å². The Kier molecular flexibility index (Phi) is 4.30. The highest BCUT2D eigenvalue weighted by molar-refractivity contribution is 7.81. The van der Waals surface area contributed by atoms with Crippen molar-refractivity contribution in [3.63, 3.8) is 0 Å². The van der Waals surface area contributed by atoms with Crippen LogP contribution in [-0.4, -0.2) is 27.1 Å². The van der Waals surface area contributed by atoms with E-state index in [1.54, 1.807) is 30.3 Å². The monoisotopic (exact) mass is 301 g/mol. The van der Waals surface area contributed by atoms with E-state index < -0.39 is 11.9 Å². The molecular formula is C15H11NO4S. The van der Waals surface area contributed by atoms with Gasteiger partial charge in [0.2, 0.25) is 0 Å². The Bertz CT molecular complexity index is 710. The molecule has 106 valence electrons. The van der Waals surface area contributed by atoms with Crippen LogP contribution in [0.4, 0.5) is 5.69 Å². The predicted molar refractivity (Wildman–Crippen MR) is 82.1 cm³/mol. The Morgan fingerprint density at radius 1 is 0.857 bits per heavy atom. The van der Waals surface area contributed by atoms with Crippen molar-refractivity contribution in [3.05, 3.63) is 65.2 Å². The summed E-state index contributed by atoms with van der Waals surface area (Å²) < 4.78 is 0. The number of carbonyl (C=O) groups is 2. The summed E-state index contributed by atoms with van der Waals surface area (Å²) in [5.74, 6) is -2.07. The van der Waals surface area contributed by atoms with Crippen LogP contribution in [0.5, 0.6) is 0 Å². The van der Waals surface area contributed by atoms with Crippen LogP contribution in [0.25, 0.3) is 0 Å². The summed E-state index contributed by atoms with van der Waals surface area (Å²) in [5, 5.41) is 20.8. The zero-order chi connectivity index (χ0) is 15.4. The number of rotatable bonds is 4. The fourth-order valence-corrected chi connectivity index (χ4v) is 2.06. The molecule has 0 aromatic heterocycles. The average molecular weight is 301 g/mol. The second-order valence-corrected chi connectivity index (χ2v) is 4.60. The number of anilines is 1. The maximum atomic E-state index is 11.1. The van der Waals surface area contributed by atoms with Crippen LogP contribution in [0.1, 0.15) is 26.3 Å². The van der Waals surface area contributed by atoms with Crippen LogP contribution in [0.3, 0.4) is 0 Å². The summed E-state index contributed by atoms with van der Waals surface area (Å²) in [6, 6.07) is 12.4. The number of hydrogen-bond donors (Lipinski definition) is 3. The molecule has 0 spiro atoms. The van der Waals surface area contributed by atoms with E-state index in [1.807, 2.05) is 0 Å². The van der Waals surface area contributed by atoms with E-state index in [4.69, 9.17) is 22.4 Å². The van der Waals surface area contributed by atoms with Gasteiger partial charge in [0.05, 0.1) is 11.1 Å². The Hall–Kier alpha value is -2.73. The van der Waals surface area contributed by atoms with Gasteiger partial charge in [0.1, 0.15) is 4.99 Å². The molecule has 0 atom stereocenters. The topological polar surface area (TPSA) is 86.6 Å². The molecule has 3 N–H and O–H groups in total. The van der Waals surface area contributed by atoms with Gasteiger partial charge in [-0.1, -0.05) is 30.4 Å². The van der Waals surface area contributed by atoms with Gasteiger partial charge in [-0.2, -0.15) is 0 Å². The lowest BCUT2D eigenvalue weighted by Gasteiger charge is -2.10. The number of benzene rings is 2. The first kappa shape index (κ1) is 14.7. The van der Waals surface area contributed by atoms with Crippen LogP contribution >= 0.6 is 12.2 Å². The zero-order valence-corrected chi connectivity index (χ0v) is 11.6. The molecule has 2 aromatic carbocycles. The summed E-state index contributed by atoms with van der Waals surface area (Å²) in [5.41, 5.74) is 1.27. The van der Waals surface area contributed by atoms with E-state index in [9.17, 15) is 9.59 Å². The first-order chi connectivity index (χ1) is 9.99. The van der Waals surface area contributed by atoms with Crippen molar-refractivity contribution in [2.24, 2.45) is 0 Å². The van der Waals surface area contributed by atoms with Gasteiger partial charge in [-0.05, 0) is 30.3 Å². The smallest absolute Gasteiger partial charge is 0.336 e. The number of aromatic carboxylic acids is 2. The second kappa shape index (κ2) is 6.15. The largest absolute Gasteiger partial charge is 0.478 e. The number of carboxylic acid groups (broad SMARTS) is 2. The first-order valence-electron chi connectivity index (χ1n) is 5.96. The van der Waals surface area contributed by atoms with E-state index in [2.05, 4.69) is 5.32 Å². The molecule has 2 aromatic rings. The number of hydrogen-bond acceptors (Lipinski definition) is 3. The fraction of sp³-hybridized carbons (Fsp3) is 0. The first-order valence-corrected chi connectivity index (χ1v) is 6.37. The van der Waals surface area contributed by atoms with E-state index in [1.165, 1.54) is 18.2 Å². The minimum absolute atomic E-state index is 0.108. The van der Waals surface area contributed by atoms with Gasteiger partial charge < -0.3 is 15.5 Å². The van der Waals surface area contributed by atoms with Gasteiger partial charge >= 0.3 is 11.9 Å². The van der Waals surface area contributed by atoms with Gasteiger partial charge in [0.15, 0.2) is 0 Å². The maximum Gasteiger partial charge on any atom is 0.336 e. The molecule has 0 aliphatic carbocycles. The molecule has 0 amide bonds. The minimum Gasteiger partial charge on any atom is -0.478 e. The molecule has 2 rings (SSSR count). The lowest BCUT2D eigenvalue weighted by Crippen LogP contribution is -2.15. The van der Waals surface area contributed by atoms with Crippen molar-refractivity contribution in [1.82, 2.24) is 0 Å². The quantitative estimate of drug-likeness (QED) is 0.753. The highest BCUT2D eigenvalue weighted by Crippen LogP contribution is 2.15. The number of carboxylic acids is 2.